The van der Waals surface area contributed by atoms with Gasteiger partial charge in [-0.2, -0.15) is 0 Å². The molecule has 0 saturated heterocycles. The number of carbonyl (C=O) groups is 1. The first-order valence-corrected chi connectivity index (χ1v) is 7.05. The average Bonchev–Trinajstić information content (AvgIpc) is 2.42. The molecule has 0 aliphatic carbocycles. The van der Waals surface area contributed by atoms with Gasteiger partial charge in [0.15, 0.2) is 0 Å². The molecule has 0 atom stereocenters. The lowest BCUT2D eigenvalue weighted by Gasteiger charge is -2.10. The molecular formula is C14H14IN3O. The van der Waals surface area contributed by atoms with E-state index >= 15 is 0 Å². The van der Waals surface area contributed by atoms with Crippen LogP contribution in [0.2, 0.25) is 0 Å². The molecule has 5 heteroatoms. The number of rotatable bonds is 4. The minimum absolute atomic E-state index is 0.159. The second kappa shape index (κ2) is 6.51. The zero-order valence-electron chi connectivity index (χ0n) is 10.5. The predicted octanol–water partition coefficient (Wildman–Crippen LogP) is 3.37. The second-order valence-corrected chi connectivity index (χ2v) is 5.03. The van der Waals surface area contributed by atoms with Gasteiger partial charge in [0.25, 0.3) is 5.91 Å². The number of halogens is 1. The van der Waals surface area contributed by atoms with Crippen molar-refractivity contribution in [2.45, 2.75) is 6.92 Å². The van der Waals surface area contributed by atoms with Crippen molar-refractivity contribution < 1.29 is 4.79 Å². The van der Waals surface area contributed by atoms with E-state index in [1.165, 1.54) is 0 Å². The third-order valence-corrected chi connectivity index (χ3v) is 3.46. The van der Waals surface area contributed by atoms with E-state index in [4.69, 9.17) is 0 Å². The van der Waals surface area contributed by atoms with Gasteiger partial charge in [0, 0.05) is 16.3 Å². The van der Waals surface area contributed by atoms with Crippen LogP contribution in [0.4, 0.5) is 11.5 Å². The van der Waals surface area contributed by atoms with Gasteiger partial charge in [0.05, 0.1) is 11.3 Å². The highest BCUT2D eigenvalue weighted by molar-refractivity contribution is 14.1. The van der Waals surface area contributed by atoms with Gasteiger partial charge in [-0.05, 0) is 53.8 Å². The number of benzene rings is 1. The van der Waals surface area contributed by atoms with Gasteiger partial charge in [0.1, 0.15) is 5.82 Å². The summed E-state index contributed by atoms with van der Waals surface area (Å²) in [6.45, 7) is 2.69. The molecule has 0 bridgehead atoms. The zero-order valence-corrected chi connectivity index (χ0v) is 12.6. The Kier molecular flexibility index (Phi) is 4.73. The van der Waals surface area contributed by atoms with E-state index in [9.17, 15) is 4.79 Å². The molecule has 0 aliphatic rings. The van der Waals surface area contributed by atoms with Crippen LogP contribution in [-0.4, -0.2) is 17.4 Å². The topological polar surface area (TPSA) is 54.0 Å². The molecule has 1 aromatic heterocycles. The van der Waals surface area contributed by atoms with E-state index in [1.54, 1.807) is 18.3 Å². The molecule has 0 radical (unpaired) electrons. The van der Waals surface area contributed by atoms with Gasteiger partial charge in [-0.1, -0.05) is 12.1 Å². The Morgan fingerprint density at radius 2 is 2.05 bits per heavy atom. The molecule has 4 nitrogen and oxygen atoms in total. The van der Waals surface area contributed by atoms with Crippen LogP contribution in [0.5, 0.6) is 0 Å². The van der Waals surface area contributed by atoms with Gasteiger partial charge >= 0.3 is 0 Å². The van der Waals surface area contributed by atoms with Crippen LogP contribution in [0.1, 0.15) is 17.3 Å². The zero-order chi connectivity index (χ0) is 13.7. The van der Waals surface area contributed by atoms with Crippen molar-refractivity contribution in [3.8, 4) is 0 Å². The number of nitrogens with one attached hydrogen (secondary N) is 2. The van der Waals surface area contributed by atoms with Crippen LogP contribution < -0.4 is 10.6 Å². The summed E-state index contributed by atoms with van der Waals surface area (Å²) < 4.78 is 1.00. The van der Waals surface area contributed by atoms with Crippen LogP contribution in [0.3, 0.4) is 0 Å². The van der Waals surface area contributed by atoms with Gasteiger partial charge < -0.3 is 10.6 Å². The molecule has 2 aromatic rings. The monoisotopic (exact) mass is 367 g/mol. The van der Waals surface area contributed by atoms with Crippen LogP contribution in [-0.2, 0) is 0 Å². The lowest BCUT2D eigenvalue weighted by Crippen LogP contribution is -2.16. The van der Waals surface area contributed by atoms with Crippen LogP contribution in [0.25, 0.3) is 0 Å². The van der Waals surface area contributed by atoms with E-state index in [2.05, 4.69) is 38.2 Å². The normalized spacial score (nSPS) is 10.0. The number of hydrogen-bond donors (Lipinski definition) is 2. The summed E-state index contributed by atoms with van der Waals surface area (Å²) in [4.78, 5) is 16.4. The van der Waals surface area contributed by atoms with Crippen molar-refractivity contribution in [1.82, 2.24) is 4.98 Å². The fourth-order valence-electron chi connectivity index (χ4n) is 1.65. The Balaban J connectivity index is 2.23. The maximum Gasteiger partial charge on any atom is 0.259 e. The first-order chi connectivity index (χ1) is 9.22. The number of amides is 1. The summed E-state index contributed by atoms with van der Waals surface area (Å²) in [5, 5.41) is 5.98. The quantitative estimate of drug-likeness (QED) is 0.815. The lowest BCUT2D eigenvalue weighted by atomic mass is 10.2. The maximum absolute atomic E-state index is 12.3. The van der Waals surface area contributed by atoms with Crippen LogP contribution >= 0.6 is 22.6 Å². The van der Waals surface area contributed by atoms with Gasteiger partial charge in [-0.3, -0.25) is 4.79 Å². The second-order valence-electron chi connectivity index (χ2n) is 3.86. The summed E-state index contributed by atoms with van der Waals surface area (Å²) in [7, 11) is 0. The van der Waals surface area contributed by atoms with E-state index < -0.39 is 0 Å². The third-order valence-electron chi connectivity index (χ3n) is 2.52. The number of pyridine rings is 1. The molecule has 0 aliphatic heterocycles. The van der Waals surface area contributed by atoms with E-state index in [0.29, 0.717) is 11.4 Å². The Morgan fingerprint density at radius 3 is 2.79 bits per heavy atom. The van der Waals surface area contributed by atoms with Crippen molar-refractivity contribution in [1.29, 1.82) is 0 Å². The van der Waals surface area contributed by atoms with Crippen molar-refractivity contribution in [3.05, 3.63) is 51.7 Å². The third kappa shape index (κ3) is 3.44. The fraction of sp³-hybridized carbons (Fsp3) is 0.143. The first kappa shape index (κ1) is 13.8. The number of aromatic nitrogens is 1. The Morgan fingerprint density at radius 1 is 1.26 bits per heavy atom. The van der Waals surface area contributed by atoms with Crippen LogP contribution in [0, 0.1) is 3.57 Å². The highest BCUT2D eigenvalue weighted by atomic mass is 127. The molecule has 1 heterocycles. The van der Waals surface area contributed by atoms with Crippen molar-refractivity contribution in [2.75, 3.05) is 17.2 Å². The fourth-order valence-corrected chi connectivity index (χ4v) is 2.17. The summed E-state index contributed by atoms with van der Waals surface area (Å²) >= 11 is 2.19. The smallest absolute Gasteiger partial charge is 0.259 e. The summed E-state index contributed by atoms with van der Waals surface area (Å²) in [5.74, 6) is 0.446. The molecule has 98 valence electrons. The molecule has 2 rings (SSSR count). The van der Waals surface area contributed by atoms with Crippen molar-refractivity contribution in [3.63, 3.8) is 0 Å². The van der Waals surface area contributed by atoms with Gasteiger partial charge in [-0.15, -0.1) is 0 Å². The number of hydrogen-bond acceptors (Lipinski definition) is 3. The van der Waals surface area contributed by atoms with Crippen molar-refractivity contribution >= 4 is 40.0 Å². The minimum Gasteiger partial charge on any atom is -0.370 e. The number of nitrogens with zero attached hydrogens (tertiary/aromatic N) is 1. The predicted molar refractivity (Wildman–Crippen MR) is 85.5 cm³/mol. The highest BCUT2D eigenvalue weighted by Crippen LogP contribution is 2.19. The molecule has 0 saturated carbocycles. The van der Waals surface area contributed by atoms with E-state index in [0.717, 1.165) is 15.8 Å². The summed E-state index contributed by atoms with van der Waals surface area (Å²) in [6, 6.07) is 11.2. The molecule has 1 aromatic carbocycles. The largest absolute Gasteiger partial charge is 0.370 e. The average molecular weight is 367 g/mol. The van der Waals surface area contributed by atoms with Crippen molar-refractivity contribution in [2.24, 2.45) is 0 Å². The van der Waals surface area contributed by atoms with Gasteiger partial charge in [-0.25, -0.2) is 4.98 Å². The SMILES string of the molecule is CCNc1ncccc1C(=O)Nc1ccccc1I. The van der Waals surface area contributed by atoms with Crippen LogP contribution in [0.15, 0.2) is 42.6 Å². The standard InChI is InChI=1S/C14H14IN3O/c1-2-16-13-10(6-5-9-17-13)14(19)18-12-8-4-3-7-11(12)15/h3-9H,2H2,1H3,(H,16,17)(H,18,19). The molecule has 0 unspecified atom stereocenters. The Hall–Kier alpha value is -1.63. The summed E-state index contributed by atoms with van der Waals surface area (Å²) in [5.41, 5.74) is 1.35. The van der Waals surface area contributed by atoms with E-state index in [-0.39, 0.29) is 5.91 Å². The summed E-state index contributed by atoms with van der Waals surface area (Å²) in [6.07, 6.45) is 1.67. The maximum atomic E-state index is 12.3. The first-order valence-electron chi connectivity index (χ1n) is 5.97. The molecule has 0 spiro atoms. The minimum atomic E-state index is -0.159. The highest BCUT2D eigenvalue weighted by Gasteiger charge is 2.12. The molecular weight excluding hydrogens is 353 g/mol. The lowest BCUT2D eigenvalue weighted by molar-refractivity contribution is 0.102. The molecule has 1 amide bonds. The molecule has 0 fully saturated rings. The molecule has 19 heavy (non-hydrogen) atoms. The Labute approximate surface area is 125 Å². The Bertz CT molecular complexity index is 586. The number of carbonyl (C=O) groups excluding carboxylic acids is 1. The number of anilines is 2. The molecule has 2 N–H and O–H groups in total. The van der Waals surface area contributed by atoms with E-state index in [1.807, 2.05) is 31.2 Å². The van der Waals surface area contributed by atoms with Gasteiger partial charge in [0.2, 0.25) is 0 Å². The number of para-hydroxylation sites is 1.